The van der Waals surface area contributed by atoms with Crippen LogP contribution in [0.15, 0.2) is 54.6 Å². The van der Waals surface area contributed by atoms with Crippen LogP contribution < -0.4 is 0 Å². The summed E-state index contributed by atoms with van der Waals surface area (Å²) < 4.78 is 19.0. The largest absolute Gasteiger partial charge is 0.394 e. The Kier molecular flexibility index (Phi) is 6.94. The Morgan fingerprint density at radius 2 is 1.67 bits per heavy atom. The van der Waals surface area contributed by atoms with Gasteiger partial charge >= 0.3 is 0 Å². The van der Waals surface area contributed by atoms with Crippen LogP contribution in [0, 0.1) is 5.82 Å². The molecule has 4 N–H and O–H groups in total. The molecule has 2 heterocycles. The minimum atomic E-state index is -1.45. The quantitative estimate of drug-likeness (QED) is 0.431. The van der Waals surface area contributed by atoms with Crippen molar-refractivity contribution in [3.05, 3.63) is 81.4 Å². The minimum Gasteiger partial charge on any atom is -0.394 e. The molecule has 0 saturated carbocycles. The van der Waals surface area contributed by atoms with Crippen LogP contribution in [0.4, 0.5) is 4.39 Å². The van der Waals surface area contributed by atoms with Crippen molar-refractivity contribution in [2.75, 3.05) is 6.61 Å². The lowest BCUT2D eigenvalue weighted by molar-refractivity contribution is -0.231. The molecular weight excluding hydrogens is 467 g/mol. The Morgan fingerprint density at radius 1 is 0.970 bits per heavy atom. The fraction of sp³-hybridized carbons (Fsp3) is 0.360. The zero-order valence-corrected chi connectivity index (χ0v) is 19.7. The molecule has 176 valence electrons. The van der Waals surface area contributed by atoms with Crippen LogP contribution in [0.5, 0.6) is 0 Å². The Morgan fingerprint density at radius 3 is 2.33 bits per heavy atom. The fourth-order valence-corrected chi connectivity index (χ4v) is 5.63. The summed E-state index contributed by atoms with van der Waals surface area (Å²) >= 11 is 8.17. The van der Waals surface area contributed by atoms with Gasteiger partial charge in [-0.05, 0) is 47.0 Å². The average Bonchev–Trinajstić information content (AvgIpc) is 3.30. The SMILES string of the molecule is CC(C)(c1ccc(-c2ccc(F)cc2)s1)c1cc([C@@H]2O[C@H](CO)[C@@H](O)[C@H](O)[C@H]2O)ccc1Cl. The number of hydrogen-bond acceptors (Lipinski definition) is 6. The third kappa shape index (κ3) is 4.59. The van der Waals surface area contributed by atoms with E-state index < -0.39 is 42.5 Å². The number of aliphatic hydroxyl groups is 4. The van der Waals surface area contributed by atoms with Crippen molar-refractivity contribution in [1.29, 1.82) is 0 Å². The van der Waals surface area contributed by atoms with E-state index in [4.69, 9.17) is 16.3 Å². The number of rotatable bonds is 5. The smallest absolute Gasteiger partial charge is 0.123 e. The molecule has 1 aliphatic rings. The van der Waals surface area contributed by atoms with Crippen LogP contribution in [0.3, 0.4) is 0 Å². The summed E-state index contributed by atoms with van der Waals surface area (Å²) in [5, 5.41) is 40.8. The van der Waals surface area contributed by atoms with Gasteiger partial charge in [0, 0.05) is 20.2 Å². The number of hydrogen-bond donors (Lipinski definition) is 4. The average molecular weight is 493 g/mol. The van der Waals surface area contributed by atoms with E-state index >= 15 is 0 Å². The van der Waals surface area contributed by atoms with Crippen molar-refractivity contribution in [3.8, 4) is 10.4 Å². The number of benzene rings is 2. The molecule has 5 nitrogen and oxygen atoms in total. The molecule has 0 amide bonds. The topological polar surface area (TPSA) is 90.2 Å². The maximum absolute atomic E-state index is 13.3. The molecule has 8 heteroatoms. The van der Waals surface area contributed by atoms with E-state index in [1.807, 2.05) is 32.0 Å². The van der Waals surface area contributed by atoms with E-state index in [1.165, 1.54) is 12.1 Å². The van der Waals surface area contributed by atoms with Gasteiger partial charge in [0.1, 0.15) is 36.3 Å². The van der Waals surface area contributed by atoms with Gasteiger partial charge in [-0.1, -0.05) is 49.7 Å². The van der Waals surface area contributed by atoms with E-state index in [2.05, 4.69) is 0 Å². The summed E-state index contributed by atoms with van der Waals surface area (Å²) in [7, 11) is 0. The molecule has 0 unspecified atom stereocenters. The van der Waals surface area contributed by atoms with Crippen molar-refractivity contribution in [1.82, 2.24) is 0 Å². The lowest BCUT2D eigenvalue weighted by Gasteiger charge is -2.40. The molecule has 33 heavy (non-hydrogen) atoms. The highest BCUT2D eigenvalue weighted by Gasteiger charge is 2.44. The first-order chi connectivity index (χ1) is 15.6. The van der Waals surface area contributed by atoms with Crippen molar-refractivity contribution < 1.29 is 29.6 Å². The number of ether oxygens (including phenoxy) is 1. The van der Waals surface area contributed by atoms with Gasteiger partial charge in [0.2, 0.25) is 0 Å². The van der Waals surface area contributed by atoms with Crippen LogP contribution in [0.1, 0.15) is 36.0 Å². The lowest BCUT2D eigenvalue weighted by Crippen LogP contribution is -2.55. The van der Waals surface area contributed by atoms with Gasteiger partial charge in [-0.3, -0.25) is 0 Å². The number of aliphatic hydroxyl groups excluding tert-OH is 4. The van der Waals surface area contributed by atoms with Gasteiger partial charge in [0.25, 0.3) is 0 Å². The molecule has 0 aliphatic carbocycles. The van der Waals surface area contributed by atoms with E-state index in [1.54, 1.807) is 35.6 Å². The zero-order chi connectivity index (χ0) is 23.9. The van der Waals surface area contributed by atoms with Crippen LogP contribution in [-0.4, -0.2) is 51.4 Å². The molecule has 1 saturated heterocycles. The van der Waals surface area contributed by atoms with Crippen LogP contribution in [0.2, 0.25) is 5.02 Å². The van der Waals surface area contributed by atoms with Crippen molar-refractivity contribution >= 4 is 22.9 Å². The van der Waals surface area contributed by atoms with Crippen LogP contribution >= 0.6 is 22.9 Å². The Hall–Kier alpha value is -1.84. The monoisotopic (exact) mass is 492 g/mol. The van der Waals surface area contributed by atoms with Gasteiger partial charge in [-0.25, -0.2) is 4.39 Å². The summed E-state index contributed by atoms with van der Waals surface area (Å²) in [4.78, 5) is 2.04. The highest BCUT2D eigenvalue weighted by atomic mass is 35.5. The van der Waals surface area contributed by atoms with Gasteiger partial charge in [0.15, 0.2) is 0 Å². The minimum absolute atomic E-state index is 0.285. The van der Waals surface area contributed by atoms with Crippen molar-refractivity contribution in [3.63, 3.8) is 0 Å². The molecule has 1 fully saturated rings. The molecular formula is C25H26ClFO5S. The van der Waals surface area contributed by atoms with E-state index in [9.17, 15) is 24.8 Å². The van der Waals surface area contributed by atoms with Gasteiger partial charge < -0.3 is 25.2 Å². The Labute approximate surface area is 200 Å². The third-order valence-electron chi connectivity index (χ3n) is 6.24. The van der Waals surface area contributed by atoms with Crippen molar-refractivity contribution in [2.24, 2.45) is 0 Å². The molecule has 2 aromatic carbocycles. The van der Waals surface area contributed by atoms with Gasteiger partial charge in [-0.15, -0.1) is 11.3 Å². The second-order valence-corrected chi connectivity index (χ2v) is 10.3. The standard InChI is InChI=1S/C25H26ClFO5S/c1-25(2,20-10-9-19(33-20)13-3-6-15(27)7-4-13)16-11-14(5-8-17(16)26)24-23(31)22(30)21(29)18(12-28)32-24/h3-11,18,21-24,28-31H,12H2,1-2H3/t18-,21-,22+,23-,24+/m1/s1. The first-order valence-electron chi connectivity index (χ1n) is 10.6. The first-order valence-corrected chi connectivity index (χ1v) is 11.8. The maximum atomic E-state index is 13.3. The van der Waals surface area contributed by atoms with Gasteiger partial charge in [-0.2, -0.15) is 0 Å². The van der Waals surface area contributed by atoms with Crippen LogP contribution in [0.25, 0.3) is 10.4 Å². The van der Waals surface area contributed by atoms with Crippen molar-refractivity contribution in [2.45, 2.75) is 49.8 Å². The van der Waals surface area contributed by atoms with E-state index in [-0.39, 0.29) is 5.82 Å². The molecule has 5 atom stereocenters. The Balaban J connectivity index is 1.68. The predicted octanol–water partition coefficient (Wildman–Crippen LogP) is 4.05. The lowest BCUT2D eigenvalue weighted by atomic mass is 9.81. The molecule has 0 spiro atoms. The zero-order valence-electron chi connectivity index (χ0n) is 18.2. The summed E-state index contributed by atoms with van der Waals surface area (Å²) in [6.45, 7) is 3.58. The fourth-order valence-electron chi connectivity index (χ4n) is 4.15. The number of thiophene rings is 1. The van der Waals surface area contributed by atoms with Gasteiger partial charge in [0.05, 0.1) is 6.61 Å². The second kappa shape index (κ2) is 9.43. The third-order valence-corrected chi connectivity index (χ3v) is 8.02. The molecule has 0 bridgehead atoms. The molecule has 0 radical (unpaired) electrons. The summed E-state index contributed by atoms with van der Waals surface area (Å²) in [5.41, 5.74) is 1.79. The molecule has 3 aromatic rings. The first kappa shape index (κ1) is 24.3. The number of halogens is 2. The van der Waals surface area contributed by atoms with E-state index in [0.717, 1.165) is 20.9 Å². The maximum Gasteiger partial charge on any atom is 0.123 e. The summed E-state index contributed by atoms with van der Waals surface area (Å²) in [5.74, 6) is -0.285. The predicted molar refractivity (Wildman–Crippen MR) is 126 cm³/mol. The molecule has 1 aliphatic heterocycles. The summed E-state index contributed by atoms with van der Waals surface area (Å²) in [6.07, 6.45) is -6.17. The Bertz CT molecular complexity index is 1110. The highest BCUT2D eigenvalue weighted by Crippen LogP contribution is 2.43. The highest BCUT2D eigenvalue weighted by molar-refractivity contribution is 7.15. The molecule has 1 aromatic heterocycles. The van der Waals surface area contributed by atoms with E-state index in [0.29, 0.717) is 10.6 Å². The second-order valence-electron chi connectivity index (χ2n) is 8.78. The molecule has 4 rings (SSSR count). The van der Waals surface area contributed by atoms with Crippen LogP contribution in [-0.2, 0) is 10.2 Å². The summed E-state index contributed by atoms with van der Waals surface area (Å²) in [6, 6.07) is 15.6. The normalized spacial score (nSPS) is 25.9.